The van der Waals surface area contributed by atoms with Gasteiger partial charge in [0.2, 0.25) is 0 Å². The fourth-order valence-electron chi connectivity index (χ4n) is 3.87. The Balaban J connectivity index is 1.72. The molecule has 6 heteroatoms. The fraction of sp³-hybridized carbons (Fsp3) is 0.273. The van der Waals surface area contributed by atoms with Gasteiger partial charge in [-0.15, -0.1) is 0 Å². The molecule has 6 nitrogen and oxygen atoms in total. The number of fused-ring (bicyclic) bond motifs is 1. The maximum absolute atomic E-state index is 11.3. The molecule has 1 aliphatic heterocycles. The van der Waals surface area contributed by atoms with Crippen molar-refractivity contribution in [3.05, 3.63) is 82.1 Å². The molecule has 0 saturated heterocycles. The van der Waals surface area contributed by atoms with E-state index in [1.54, 1.807) is 24.3 Å². The third-order valence-corrected chi connectivity index (χ3v) is 5.44. The lowest BCUT2D eigenvalue weighted by Crippen LogP contribution is -2.37. The molecule has 0 aliphatic carbocycles. The zero-order valence-corrected chi connectivity index (χ0v) is 15.8. The van der Waals surface area contributed by atoms with Crippen molar-refractivity contribution in [3.63, 3.8) is 0 Å². The van der Waals surface area contributed by atoms with Gasteiger partial charge in [-0.2, -0.15) is 0 Å². The Bertz CT molecular complexity index is 1010. The predicted octanol–water partition coefficient (Wildman–Crippen LogP) is 6.01. The summed E-state index contributed by atoms with van der Waals surface area (Å²) >= 11 is 0. The topological polar surface area (TPSA) is 77.5 Å². The SMILES string of the molecule is CCC1(CC)O[C@H](c2ccc(-c3ccccc3[N+](=O)[O-])o2)Nc2ccccc21. The normalized spacial score (nSPS) is 17.6. The molecule has 1 aliphatic rings. The maximum atomic E-state index is 11.3. The quantitative estimate of drug-likeness (QED) is 0.434. The lowest BCUT2D eigenvalue weighted by molar-refractivity contribution is -0.384. The minimum atomic E-state index is -0.466. The molecule has 2 heterocycles. The number of nitrogens with one attached hydrogen (secondary N) is 1. The third-order valence-electron chi connectivity index (χ3n) is 5.44. The lowest BCUT2D eigenvalue weighted by Gasteiger charge is -2.42. The number of nitrogens with zero attached hydrogens (tertiary/aromatic N) is 1. The van der Waals surface area contributed by atoms with Gasteiger partial charge < -0.3 is 14.5 Å². The van der Waals surface area contributed by atoms with Crippen molar-refractivity contribution in [2.75, 3.05) is 5.32 Å². The van der Waals surface area contributed by atoms with Crippen LogP contribution in [0, 0.1) is 10.1 Å². The summed E-state index contributed by atoms with van der Waals surface area (Å²) in [4.78, 5) is 10.9. The van der Waals surface area contributed by atoms with Crippen molar-refractivity contribution in [3.8, 4) is 11.3 Å². The largest absolute Gasteiger partial charge is 0.456 e. The van der Waals surface area contributed by atoms with Crippen LogP contribution < -0.4 is 5.32 Å². The molecule has 0 amide bonds. The second-order valence-electron chi connectivity index (χ2n) is 6.87. The Kier molecular flexibility index (Phi) is 4.65. The number of hydrogen-bond acceptors (Lipinski definition) is 5. The Morgan fingerprint density at radius 3 is 2.50 bits per heavy atom. The van der Waals surface area contributed by atoms with Gasteiger partial charge in [0.05, 0.1) is 16.1 Å². The maximum Gasteiger partial charge on any atom is 0.280 e. The molecule has 3 aromatic rings. The van der Waals surface area contributed by atoms with Gasteiger partial charge in [-0.1, -0.05) is 44.2 Å². The first kappa shape index (κ1) is 18.3. The summed E-state index contributed by atoms with van der Waals surface area (Å²) in [6.07, 6.45) is 1.19. The van der Waals surface area contributed by atoms with Crippen LogP contribution in [0.15, 0.2) is 65.1 Å². The van der Waals surface area contributed by atoms with Crippen LogP contribution >= 0.6 is 0 Å². The number of ether oxygens (including phenoxy) is 1. The van der Waals surface area contributed by atoms with Crippen molar-refractivity contribution < 1.29 is 14.1 Å². The number of rotatable bonds is 5. The highest BCUT2D eigenvalue weighted by Gasteiger charge is 2.40. The average molecular weight is 378 g/mol. The molecule has 1 N–H and O–H groups in total. The van der Waals surface area contributed by atoms with Crippen LogP contribution in [0.3, 0.4) is 0 Å². The molecule has 0 radical (unpaired) electrons. The standard InChI is InChI=1S/C22H22N2O4/c1-3-22(4-2)16-10-6-7-11-17(16)23-21(28-22)20-14-13-19(27-20)15-9-5-8-12-18(15)24(25)26/h5-14,21,23H,3-4H2,1-2H3/t21-/m1/s1. The van der Waals surface area contributed by atoms with Crippen molar-refractivity contribution in [2.24, 2.45) is 0 Å². The van der Waals surface area contributed by atoms with Crippen molar-refractivity contribution in [1.29, 1.82) is 0 Å². The highest BCUT2D eigenvalue weighted by molar-refractivity contribution is 5.69. The second-order valence-corrected chi connectivity index (χ2v) is 6.87. The summed E-state index contributed by atoms with van der Waals surface area (Å²) in [7, 11) is 0. The van der Waals surface area contributed by atoms with Crippen molar-refractivity contribution in [2.45, 2.75) is 38.5 Å². The molecule has 144 valence electrons. The van der Waals surface area contributed by atoms with E-state index in [9.17, 15) is 10.1 Å². The monoisotopic (exact) mass is 378 g/mol. The van der Waals surface area contributed by atoms with Crippen LogP contribution in [0.2, 0.25) is 0 Å². The Morgan fingerprint density at radius 1 is 1.04 bits per heavy atom. The highest BCUT2D eigenvalue weighted by atomic mass is 16.6. The zero-order valence-electron chi connectivity index (χ0n) is 15.8. The van der Waals surface area contributed by atoms with Gasteiger partial charge >= 0.3 is 0 Å². The molecule has 2 aromatic carbocycles. The number of anilines is 1. The van der Waals surface area contributed by atoms with Crippen LogP contribution in [-0.2, 0) is 10.3 Å². The van der Waals surface area contributed by atoms with Crippen LogP contribution in [0.5, 0.6) is 0 Å². The number of benzene rings is 2. The Morgan fingerprint density at radius 2 is 1.75 bits per heavy atom. The van der Waals surface area contributed by atoms with Crippen LogP contribution in [0.1, 0.15) is 44.2 Å². The van der Waals surface area contributed by atoms with Crippen molar-refractivity contribution in [1.82, 2.24) is 0 Å². The third kappa shape index (κ3) is 2.96. The molecule has 0 saturated carbocycles. The lowest BCUT2D eigenvalue weighted by atomic mass is 9.85. The van der Waals surface area contributed by atoms with Crippen LogP contribution in [-0.4, -0.2) is 4.92 Å². The number of hydrogen-bond donors (Lipinski definition) is 1. The molecule has 0 unspecified atom stereocenters. The van der Waals surface area contributed by atoms with E-state index >= 15 is 0 Å². The molecule has 4 rings (SSSR count). The van der Waals surface area contributed by atoms with E-state index in [1.165, 1.54) is 6.07 Å². The molecule has 0 fully saturated rings. The minimum absolute atomic E-state index is 0.0164. The summed E-state index contributed by atoms with van der Waals surface area (Å²) in [5.74, 6) is 1.04. The van der Waals surface area contributed by atoms with Gasteiger partial charge in [0.25, 0.3) is 5.69 Å². The Labute approximate surface area is 163 Å². The van der Waals surface area contributed by atoms with Crippen molar-refractivity contribution >= 4 is 11.4 Å². The molecule has 1 atom stereocenters. The average Bonchev–Trinajstić information content (AvgIpc) is 3.23. The summed E-state index contributed by atoms with van der Waals surface area (Å²) in [5.41, 5.74) is 2.22. The van der Waals surface area contributed by atoms with Gasteiger partial charge in [-0.3, -0.25) is 10.1 Å². The summed E-state index contributed by atoms with van der Waals surface area (Å²) < 4.78 is 12.5. The van der Waals surface area contributed by atoms with Gasteiger partial charge in [-0.25, -0.2) is 0 Å². The van der Waals surface area contributed by atoms with E-state index in [1.807, 2.05) is 24.3 Å². The van der Waals surface area contributed by atoms with Gasteiger partial charge in [0, 0.05) is 17.3 Å². The first-order chi connectivity index (χ1) is 13.6. The number of para-hydroxylation sites is 2. The zero-order chi connectivity index (χ0) is 19.7. The molecule has 0 spiro atoms. The smallest absolute Gasteiger partial charge is 0.280 e. The molecular formula is C22H22N2O4. The van der Waals surface area contributed by atoms with E-state index in [2.05, 4.69) is 25.2 Å². The molecular weight excluding hydrogens is 356 g/mol. The first-order valence-electron chi connectivity index (χ1n) is 9.45. The predicted molar refractivity (Wildman–Crippen MR) is 107 cm³/mol. The molecule has 0 bridgehead atoms. The summed E-state index contributed by atoms with van der Waals surface area (Å²) in [5, 5.41) is 14.7. The van der Waals surface area contributed by atoms with Gasteiger partial charge in [-0.05, 0) is 37.1 Å². The van der Waals surface area contributed by atoms with E-state index in [0.29, 0.717) is 17.1 Å². The van der Waals surface area contributed by atoms with Crippen LogP contribution in [0.4, 0.5) is 11.4 Å². The number of nitro benzene ring substituents is 1. The highest BCUT2D eigenvalue weighted by Crippen LogP contribution is 2.46. The van der Waals surface area contributed by atoms with E-state index in [4.69, 9.17) is 9.15 Å². The molecule has 28 heavy (non-hydrogen) atoms. The molecule has 1 aromatic heterocycles. The van der Waals surface area contributed by atoms with Gasteiger partial charge in [0.15, 0.2) is 12.0 Å². The Hall–Kier alpha value is -3.12. The first-order valence-corrected chi connectivity index (χ1v) is 9.45. The van der Waals surface area contributed by atoms with E-state index in [0.717, 1.165) is 24.1 Å². The van der Waals surface area contributed by atoms with Gasteiger partial charge in [0.1, 0.15) is 5.76 Å². The van der Waals surface area contributed by atoms with E-state index < -0.39 is 16.8 Å². The summed E-state index contributed by atoms with van der Waals surface area (Å²) in [6.45, 7) is 4.23. The summed E-state index contributed by atoms with van der Waals surface area (Å²) in [6, 6.07) is 18.3. The second kappa shape index (κ2) is 7.13. The van der Waals surface area contributed by atoms with Crippen LogP contribution in [0.25, 0.3) is 11.3 Å². The number of furan rings is 1. The fourth-order valence-corrected chi connectivity index (χ4v) is 3.87. The number of nitro groups is 1. The minimum Gasteiger partial charge on any atom is -0.456 e. The van der Waals surface area contributed by atoms with E-state index in [-0.39, 0.29) is 5.69 Å².